The average Bonchev–Trinajstić information content (AvgIpc) is 2.73. The van der Waals surface area contributed by atoms with Crippen LogP contribution in [0.4, 0.5) is 0 Å². The Morgan fingerprint density at radius 2 is 1.66 bits per heavy atom. The molecule has 0 spiro atoms. The Bertz CT molecular complexity index is 770. The van der Waals surface area contributed by atoms with Crippen LogP contribution >= 0.6 is 11.6 Å². The number of nitrogens with zero attached hydrogens (tertiary/aromatic N) is 2. The van der Waals surface area contributed by atoms with Gasteiger partial charge in [-0.25, -0.2) is 0 Å². The lowest BCUT2D eigenvalue weighted by molar-refractivity contribution is 0.150. The topological polar surface area (TPSA) is 58.1 Å². The Kier molecular flexibility index (Phi) is 10.3. The molecule has 2 N–H and O–H groups in total. The van der Waals surface area contributed by atoms with Gasteiger partial charge in [0.1, 0.15) is 12.4 Å². The second kappa shape index (κ2) is 13.0. The smallest absolute Gasteiger partial charge is 0.191 e. The third kappa shape index (κ3) is 9.17. The summed E-state index contributed by atoms with van der Waals surface area (Å²) in [4.78, 5) is 6.46. The number of hydrogen-bond acceptors (Lipinski definition) is 4. The second-order valence-electron chi connectivity index (χ2n) is 6.70. The lowest BCUT2D eigenvalue weighted by atomic mass is 10.2. The predicted molar refractivity (Wildman–Crippen MR) is 120 cm³/mol. The quantitative estimate of drug-likeness (QED) is 0.433. The van der Waals surface area contributed by atoms with Crippen molar-refractivity contribution in [1.29, 1.82) is 0 Å². The Labute approximate surface area is 178 Å². The van der Waals surface area contributed by atoms with E-state index in [0.717, 1.165) is 47.6 Å². The van der Waals surface area contributed by atoms with Crippen LogP contribution in [0.15, 0.2) is 53.5 Å². The van der Waals surface area contributed by atoms with Crippen molar-refractivity contribution >= 4 is 17.6 Å². The third-order valence-corrected chi connectivity index (χ3v) is 4.58. The summed E-state index contributed by atoms with van der Waals surface area (Å²) in [6, 6.07) is 15.9. The lowest BCUT2D eigenvalue weighted by Gasteiger charge is -2.16. The number of halogens is 1. The van der Waals surface area contributed by atoms with Crippen molar-refractivity contribution in [3.63, 3.8) is 0 Å². The molecule has 6 nitrogen and oxygen atoms in total. The van der Waals surface area contributed by atoms with Gasteiger partial charge in [0.05, 0.1) is 6.61 Å². The van der Waals surface area contributed by atoms with Gasteiger partial charge >= 0.3 is 0 Å². The van der Waals surface area contributed by atoms with Crippen molar-refractivity contribution in [2.45, 2.75) is 13.1 Å². The van der Waals surface area contributed by atoms with Crippen molar-refractivity contribution < 1.29 is 9.47 Å². The van der Waals surface area contributed by atoms with Crippen LogP contribution in [0.5, 0.6) is 5.75 Å². The first-order valence-electron chi connectivity index (χ1n) is 9.69. The van der Waals surface area contributed by atoms with Crippen LogP contribution in [0.2, 0.25) is 5.02 Å². The summed E-state index contributed by atoms with van der Waals surface area (Å²) in [7, 11) is 5.53. The minimum atomic E-state index is 0.639. The maximum atomic E-state index is 6.03. The molecule has 0 atom stereocenters. The van der Waals surface area contributed by atoms with E-state index in [9.17, 15) is 0 Å². The average molecular weight is 419 g/mol. The molecule has 0 radical (unpaired) electrons. The van der Waals surface area contributed by atoms with Gasteiger partial charge in [-0.15, -0.1) is 0 Å². The summed E-state index contributed by atoms with van der Waals surface area (Å²) in [5.74, 6) is 1.60. The second-order valence-corrected chi connectivity index (χ2v) is 7.14. The predicted octanol–water partition coefficient (Wildman–Crippen LogP) is 3.16. The fourth-order valence-electron chi connectivity index (χ4n) is 2.66. The van der Waals surface area contributed by atoms with Gasteiger partial charge < -0.3 is 25.0 Å². The molecule has 0 aliphatic heterocycles. The molecule has 0 bridgehead atoms. The highest BCUT2D eigenvalue weighted by molar-refractivity contribution is 6.30. The molecule has 0 unspecified atom stereocenters. The molecule has 0 amide bonds. The zero-order valence-electron chi connectivity index (χ0n) is 17.5. The molecule has 0 heterocycles. The highest BCUT2D eigenvalue weighted by Crippen LogP contribution is 2.13. The van der Waals surface area contributed by atoms with E-state index >= 15 is 0 Å². The van der Waals surface area contributed by atoms with Gasteiger partial charge in [0.2, 0.25) is 0 Å². The first kappa shape index (κ1) is 23.0. The van der Waals surface area contributed by atoms with E-state index in [1.807, 2.05) is 42.5 Å². The SMILES string of the molecule is CN=C(NCc1cccc(Cl)c1)NCc1cccc(OCCN(C)CCOC)c1. The summed E-state index contributed by atoms with van der Waals surface area (Å²) in [6.45, 7) is 4.42. The highest BCUT2D eigenvalue weighted by atomic mass is 35.5. The normalized spacial score (nSPS) is 11.6. The maximum absolute atomic E-state index is 6.03. The lowest BCUT2D eigenvalue weighted by Crippen LogP contribution is -2.36. The zero-order valence-corrected chi connectivity index (χ0v) is 18.2. The van der Waals surface area contributed by atoms with Crippen molar-refractivity contribution in [3.05, 3.63) is 64.7 Å². The monoisotopic (exact) mass is 418 g/mol. The van der Waals surface area contributed by atoms with Crippen LogP contribution in [0.3, 0.4) is 0 Å². The number of likely N-dealkylation sites (N-methyl/N-ethyl adjacent to an activating group) is 1. The number of methoxy groups -OCH3 is 1. The number of aliphatic imine (C=N–C) groups is 1. The number of hydrogen-bond donors (Lipinski definition) is 2. The Hall–Kier alpha value is -2.28. The van der Waals surface area contributed by atoms with Crippen LogP contribution < -0.4 is 15.4 Å². The summed E-state index contributed by atoms with van der Waals surface area (Å²) in [5, 5.41) is 7.35. The Morgan fingerprint density at radius 1 is 1.00 bits per heavy atom. The van der Waals surface area contributed by atoms with E-state index in [4.69, 9.17) is 21.1 Å². The van der Waals surface area contributed by atoms with Crippen molar-refractivity contribution in [1.82, 2.24) is 15.5 Å². The summed E-state index contributed by atoms with van der Waals surface area (Å²) < 4.78 is 11.0. The molecule has 0 aromatic heterocycles. The Balaban J connectivity index is 1.76. The molecule has 0 aliphatic rings. The number of ether oxygens (including phenoxy) is 2. The van der Waals surface area contributed by atoms with E-state index in [1.165, 1.54) is 0 Å². The highest BCUT2D eigenvalue weighted by Gasteiger charge is 2.03. The molecule has 2 rings (SSSR count). The molecule has 29 heavy (non-hydrogen) atoms. The molecule has 0 saturated carbocycles. The number of guanidine groups is 1. The van der Waals surface area contributed by atoms with Gasteiger partial charge in [-0.1, -0.05) is 35.9 Å². The molecule has 2 aromatic carbocycles. The molecular weight excluding hydrogens is 388 g/mol. The molecule has 7 heteroatoms. The van der Waals surface area contributed by atoms with Gasteiger partial charge in [-0.3, -0.25) is 4.99 Å². The fraction of sp³-hybridized carbons (Fsp3) is 0.409. The number of rotatable bonds is 11. The van der Waals surface area contributed by atoms with Crippen LogP contribution in [-0.4, -0.2) is 58.4 Å². The van der Waals surface area contributed by atoms with Crippen LogP contribution in [0, 0.1) is 0 Å². The molecular formula is C22H31ClN4O2. The van der Waals surface area contributed by atoms with Crippen LogP contribution in [-0.2, 0) is 17.8 Å². The molecule has 0 fully saturated rings. The van der Waals surface area contributed by atoms with Gasteiger partial charge in [-0.05, 0) is 42.4 Å². The van der Waals surface area contributed by atoms with Crippen molar-refractivity contribution in [2.24, 2.45) is 4.99 Å². The van der Waals surface area contributed by atoms with Crippen molar-refractivity contribution in [3.8, 4) is 5.75 Å². The molecule has 0 aliphatic carbocycles. The van der Waals surface area contributed by atoms with Crippen LogP contribution in [0.25, 0.3) is 0 Å². The zero-order chi connectivity index (χ0) is 20.9. The third-order valence-electron chi connectivity index (χ3n) is 4.35. The van der Waals surface area contributed by atoms with Gasteiger partial charge in [0.15, 0.2) is 5.96 Å². The van der Waals surface area contributed by atoms with E-state index in [-0.39, 0.29) is 0 Å². The van der Waals surface area contributed by atoms with Crippen LogP contribution in [0.1, 0.15) is 11.1 Å². The minimum absolute atomic E-state index is 0.639. The first-order chi connectivity index (χ1) is 14.1. The number of nitrogens with one attached hydrogen (secondary N) is 2. The van der Waals surface area contributed by atoms with Gasteiger partial charge in [-0.2, -0.15) is 0 Å². The fourth-order valence-corrected chi connectivity index (χ4v) is 2.88. The first-order valence-corrected chi connectivity index (χ1v) is 10.1. The van der Waals surface area contributed by atoms with E-state index in [0.29, 0.717) is 19.7 Å². The summed E-state index contributed by atoms with van der Waals surface area (Å²) in [5.41, 5.74) is 2.23. The summed E-state index contributed by atoms with van der Waals surface area (Å²) in [6.07, 6.45) is 0. The van der Waals surface area contributed by atoms with Gasteiger partial charge in [0, 0.05) is 45.4 Å². The van der Waals surface area contributed by atoms with E-state index < -0.39 is 0 Å². The molecule has 0 saturated heterocycles. The van der Waals surface area contributed by atoms with E-state index in [2.05, 4.69) is 33.6 Å². The minimum Gasteiger partial charge on any atom is -0.492 e. The van der Waals surface area contributed by atoms with Crippen molar-refractivity contribution in [2.75, 3.05) is 47.5 Å². The number of benzene rings is 2. The molecule has 2 aromatic rings. The Morgan fingerprint density at radius 3 is 2.31 bits per heavy atom. The standard InChI is InChI=1S/C22H31ClN4O2/c1-24-22(25-16-18-6-4-8-20(23)14-18)26-17-19-7-5-9-21(15-19)29-13-11-27(2)10-12-28-3/h4-9,14-15H,10-13,16-17H2,1-3H3,(H2,24,25,26). The van der Waals surface area contributed by atoms with E-state index in [1.54, 1.807) is 14.2 Å². The maximum Gasteiger partial charge on any atom is 0.191 e. The molecule has 158 valence electrons. The largest absolute Gasteiger partial charge is 0.492 e. The van der Waals surface area contributed by atoms with Gasteiger partial charge in [0.25, 0.3) is 0 Å². The summed E-state index contributed by atoms with van der Waals surface area (Å²) >= 11 is 6.03.